The second kappa shape index (κ2) is 10.2. The molecule has 2 aromatic carbocycles. The molecule has 9 heteroatoms. The molecule has 0 saturated carbocycles. The molecule has 1 aliphatic carbocycles. The normalized spacial score (nSPS) is 24.8. The summed E-state index contributed by atoms with van der Waals surface area (Å²) in [5, 5.41) is 3.07. The maximum Gasteiger partial charge on any atom is 0.278 e. The Kier molecular flexibility index (Phi) is 7.21. The van der Waals surface area contributed by atoms with Gasteiger partial charge in [0.25, 0.3) is 11.8 Å². The maximum absolute atomic E-state index is 15.3. The summed E-state index contributed by atoms with van der Waals surface area (Å²) in [6, 6.07) is 6.48. The Morgan fingerprint density at radius 2 is 1.88 bits per heavy atom. The number of halogens is 3. The molecule has 214 valence electrons. The van der Waals surface area contributed by atoms with Crippen molar-refractivity contribution >= 4 is 17.8 Å². The number of nitrogens with two attached hydrogens (primary N) is 1. The first-order valence-electron chi connectivity index (χ1n) is 14.0. The van der Waals surface area contributed by atoms with Gasteiger partial charge in [-0.05, 0) is 72.4 Å². The van der Waals surface area contributed by atoms with Crippen LogP contribution in [0.25, 0.3) is 0 Å². The van der Waals surface area contributed by atoms with Crippen LogP contribution >= 0.6 is 0 Å². The average Bonchev–Trinajstić information content (AvgIpc) is 3.11. The van der Waals surface area contributed by atoms with Gasteiger partial charge in [0.15, 0.2) is 5.96 Å². The van der Waals surface area contributed by atoms with Crippen LogP contribution in [0.2, 0.25) is 0 Å². The molecule has 3 aliphatic heterocycles. The number of nitrogens with zero attached hydrogens (tertiary/aromatic N) is 2. The zero-order valence-electron chi connectivity index (χ0n) is 23.5. The molecular formula is C31H37F3N4O2. The maximum atomic E-state index is 15.3. The molecule has 6 bridgehead atoms. The summed E-state index contributed by atoms with van der Waals surface area (Å²) in [6.45, 7) is 8.24. The molecule has 6 nitrogen and oxygen atoms in total. The molecular weight excluding hydrogens is 517 g/mol. The molecule has 0 aromatic heterocycles. The summed E-state index contributed by atoms with van der Waals surface area (Å²) in [7, 11) is 0. The van der Waals surface area contributed by atoms with E-state index in [2.05, 4.69) is 43.2 Å². The summed E-state index contributed by atoms with van der Waals surface area (Å²) < 4.78 is 45.6. The van der Waals surface area contributed by atoms with Gasteiger partial charge in [0, 0.05) is 18.4 Å². The van der Waals surface area contributed by atoms with Gasteiger partial charge >= 0.3 is 0 Å². The third-order valence-corrected chi connectivity index (χ3v) is 8.20. The molecule has 6 rings (SSSR count). The molecule has 4 aliphatic rings. The number of rotatable bonds is 1. The van der Waals surface area contributed by atoms with Gasteiger partial charge in [-0.3, -0.25) is 14.5 Å². The highest BCUT2D eigenvalue weighted by Crippen LogP contribution is 2.51. The lowest BCUT2D eigenvalue weighted by atomic mass is 9.83. The summed E-state index contributed by atoms with van der Waals surface area (Å²) in [6.07, 6.45) is 3.01. The van der Waals surface area contributed by atoms with Crippen molar-refractivity contribution in [3.8, 4) is 0 Å². The summed E-state index contributed by atoms with van der Waals surface area (Å²) in [5.74, 6) is -5.83. The number of guanidine groups is 1. The molecule has 2 amide bonds. The zero-order valence-corrected chi connectivity index (χ0v) is 23.5. The van der Waals surface area contributed by atoms with Crippen LogP contribution in [0.3, 0.4) is 0 Å². The standard InChI is InChI=1S/C31H37F3N4O2/c1-17-9-10-18-7-5-6-8-20-14-26(39)38(29(35)36-20)25-16-31(33,34)27-22(25)12-19(13-23(27)32)28(40)37-24(21(17)11-18)15-30(2,3)4/h9-13,20,24-25H,5-8,14-16H2,1-4H3,(H2,35,36)(H,37,40). The number of benzene rings is 2. The Morgan fingerprint density at radius 3 is 2.58 bits per heavy atom. The van der Waals surface area contributed by atoms with Gasteiger partial charge in [0.2, 0.25) is 5.91 Å². The Balaban J connectivity index is 1.63. The van der Waals surface area contributed by atoms with Crippen molar-refractivity contribution in [2.24, 2.45) is 16.1 Å². The fourth-order valence-corrected chi connectivity index (χ4v) is 6.34. The van der Waals surface area contributed by atoms with E-state index in [4.69, 9.17) is 5.73 Å². The highest BCUT2D eigenvalue weighted by molar-refractivity contribution is 5.99. The van der Waals surface area contributed by atoms with Crippen molar-refractivity contribution in [3.63, 3.8) is 0 Å². The summed E-state index contributed by atoms with van der Waals surface area (Å²) in [4.78, 5) is 32.4. The molecule has 3 N–H and O–H groups in total. The first kappa shape index (κ1) is 28.2. The Labute approximate surface area is 233 Å². The van der Waals surface area contributed by atoms with Gasteiger partial charge in [-0.2, -0.15) is 0 Å². The van der Waals surface area contributed by atoms with Crippen molar-refractivity contribution in [2.45, 2.75) is 96.7 Å². The SMILES string of the molecule is Cc1ccc2cc1C(CC(C)(C)C)NC(=O)c1cc(F)c3c(c1)C(CC3(F)F)N1C(=O)CC(CCCC2)N=C1N. The largest absolute Gasteiger partial charge is 0.369 e. The number of aryl methyl sites for hydroxylation is 2. The van der Waals surface area contributed by atoms with E-state index in [1.165, 1.54) is 6.07 Å². The van der Waals surface area contributed by atoms with E-state index in [0.717, 1.165) is 46.9 Å². The number of carbonyl (C=O) groups excluding carboxylic acids is 2. The first-order valence-corrected chi connectivity index (χ1v) is 14.0. The highest BCUT2D eigenvalue weighted by atomic mass is 19.3. The van der Waals surface area contributed by atoms with Crippen LogP contribution in [0.5, 0.6) is 0 Å². The van der Waals surface area contributed by atoms with Gasteiger partial charge in [0.05, 0.1) is 23.7 Å². The van der Waals surface area contributed by atoms with Crippen LogP contribution in [0, 0.1) is 18.2 Å². The van der Waals surface area contributed by atoms with Gasteiger partial charge in [-0.1, -0.05) is 45.4 Å². The molecule has 0 radical (unpaired) electrons. The first-order chi connectivity index (χ1) is 18.7. The van der Waals surface area contributed by atoms with Crippen molar-refractivity contribution in [2.75, 3.05) is 0 Å². The van der Waals surface area contributed by atoms with Crippen LogP contribution in [0.1, 0.15) is 110 Å². The second-order valence-electron chi connectivity index (χ2n) is 12.7. The third kappa shape index (κ3) is 5.47. The van der Waals surface area contributed by atoms with E-state index in [9.17, 15) is 9.59 Å². The number of hydrogen-bond acceptors (Lipinski definition) is 4. The quantitative estimate of drug-likeness (QED) is 0.439. The Bertz CT molecular complexity index is 1380. The van der Waals surface area contributed by atoms with E-state index in [1.807, 2.05) is 13.0 Å². The van der Waals surface area contributed by atoms with Crippen molar-refractivity contribution in [1.29, 1.82) is 0 Å². The van der Waals surface area contributed by atoms with Crippen LogP contribution < -0.4 is 11.1 Å². The second-order valence-corrected chi connectivity index (χ2v) is 12.7. The number of alkyl halides is 2. The predicted molar refractivity (Wildman–Crippen MR) is 148 cm³/mol. The number of fused-ring (bicyclic) bond motifs is 6. The molecule has 3 atom stereocenters. The minimum absolute atomic E-state index is 0.0456. The van der Waals surface area contributed by atoms with Crippen LogP contribution in [-0.2, 0) is 17.1 Å². The smallest absolute Gasteiger partial charge is 0.278 e. The highest BCUT2D eigenvalue weighted by Gasteiger charge is 2.51. The lowest BCUT2D eigenvalue weighted by Gasteiger charge is -2.34. The van der Waals surface area contributed by atoms with Gasteiger partial charge in [-0.25, -0.2) is 18.2 Å². The Hall–Kier alpha value is -3.36. The van der Waals surface area contributed by atoms with Crippen LogP contribution in [-0.4, -0.2) is 28.7 Å². The molecule has 3 heterocycles. The van der Waals surface area contributed by atoms with E-state index < -0.39 is 41.6 Å². The Morgan fingerprint density at radius 1 is 1.12 bits per heavy atom. The molecule has 2 aromatic rings. The van der Waals surface area contributed by atoms with E-state index >= 15 is 13.2 Å². The lowest BCUT2D eigenvalue weighted by Crippen LogP contribution is -2.48. The number of hydrogen-bond donors (Lipinski definition) is 2. The van der Waals surface area contributed by atoms with Crippen LogP contribution in [0.15, 0.2) is 35.3 Å². The number of aliphatic imine (C=N–C) groups is 1. The third-order valence-electron chi connectivity index (χ3n) is 8.20. The minimum atomic E-state index is -3.53. The van der Waals surface area contributed by atoms with Gasteiger partial charge < -0.3 is 11.1 Å². The molecule has 0 saturated heterocycles. The fourth-order valence-electron chi connectivity index (χ4n) is 6.34. The summed E-state index contributed by atoms with van der Waals surface area (Å²) >= 11 is 0. The average molecular weight is 555 g/mol. The van der Waals surface area contributed by atoms with Crippen molar-refractivity contribution in [1.82, 2.24) is 10.2 Å². The minimum Gasteiger partial charge on any atom is -0.369 e. The van der Waals surface area contributed by atoms with Gasteiger partial charge in [0.1, 0.15) is 5.82 Å². The zero-order chi connectivity index (χ0) is 29.0. The number of carbonyl (C=O) groups is 2. The molecule has 40 heavy (non-hydrogen) atoms. The fraction of sp³-hybridized carbons (Fsp3) is 0.516. The van der Waals surface area contributed by atoms with Gasteiger partial charge in [-0.15, -0.1) is 0 Å². The van der Waals surface area contributed by atoms with Crippen LogP contribution in [0.4, 0.5) is 13.2 Å². The predicted octanol–water partition coefficient (Wildman–Crippen LogP) is 6.22. The molecule has 0 fully saturated rings. The van der Waals surface area contributed by atoms with E-state index in [0.29, 0.717) is 12.8 Å². The van der Waals surface area contributed by atoms with Crippen molar-refractivity contribution in [3.05, 3.63) is 69.5 Å². The van der Waals surface area contributed by atoms with Crippen molar-refractivity contribution < 1.29 is 22.8 Å². The lowest BCUT2D eigenvalue weighted by molar-refractivity contribution is -0.131. The molecule has 3 unspecified atom stereocenters. The molecule has 0 spiro atoms. The number of nitrogens with one attached hydrogen (secondary N) is 1. The monoisotopic (exact) mass is 554 g/mol. The van der Waals surface area contributed by atoms with E-state index in [-0.39, 0.29) is 41.0 Å². The summed E-state index contributed by atoms with van der Waals surface area (Å²) in [5.41, 5.74) is 8.22. The van der Waals surface area contributed by atoms with E-state index in [1.54, 1.807) is 0 Å². The topological polar surface area (TPSA) is 87.8 Å². The number of amides is 2.